The van der Waals surface area contributed by atoms with E-state index in [2.05, 4.69) is 0 Å². The predicted molar refractivity (Wildman–Crippen MR) is 102 cm³/mol. The SMILES string of the molecule is O=C([C@H]1CCO1)N1CC2(CC2)C[C@@H]1Cc1cccc(-c2ccccc2F)c1F. The Kier molecular flexibility index (Phi) is 4.23. The molecule has 0 radical (unpaired) electrons. The number of amides is 1. The summed E-state index contributed by atoms with van der Waals surface area (Å²) in [6.07, 6.45) is 4.08. The highest BCUT2D eigenvalue weighted by Gasteiger charge is 2.54. The van der Waals surface area contributed by atoms with Gasteiger partial charge in [-0.15, -0.1) is 0 Å². The van der Waals surface area contributed by atoms with Crippen LogP contribution < -0.4 is 0 Å². The Bertz CT molecular complexity index is 921. The molecule has 0 unspecified atom stereocenters. The first-order chi connectivity index (χ1) is 13.6. The third-order valence-electron chi connectivity index (χ3n) is 6.53. The summed E-state index contributed by atoms with van der Waals surface area (Å²) in [4.78, 5) is 14.7. The first-order valence-electron chi connectivity index (χ1n) is 10.0. The number of benzene rings is 2. The lowest BCUT2D eigenvalue weighted by molar-refractivity contribution is -0.157. The lowest BCUT2D eigenvalue weighted by atomic mass is 9.95. The molecule has 2 aromatic carbocycles. The standard InChI is InChI=1S/C23H23F2NO2/c24-19-7-2-1-5-17(19)18-6-3-4-15(21(18)25)12-16-13-23(9-10-23)14-26(16)22(27)20-8-11-28-20/h1-7,16,20H,8-14H2/t16-,20+/m0/s1. The van der Waals surface area contributed by atoms with E-state index in [1.807, 2.05) is 4.90 Å². The molecule has 2 aromatic rings. The number of carbonyl (C=O) groups excluding carboxylic acids is 1. The van der Waals surface area contributed by atoms with Crippen molar-refractivity contribution in [3.63, 3.8) is 0 Å². The number of hydrogen-bond acceptors (Lipinski definition) is 2. The third-order valence-corrected chi connectivity index (χ3v) is 6.53. The molecule has 5 rings (SSSR count). The van der Waals surface area contributed by atoms with Crippen molar-refractivity contribution in [3.8, 4) is 11.1 Å². The second-order valence-corrected chi connectivity index (χ2v) is 8.43. The molecule has 28 heavy (non-hydrogen) atoms. The highest BCUT2D eigenvalue weighted by molar-refractivity contribution is 5.82. The Morgan fingerprint density at radius 3 is 2.54 bits per heavy atom. The van der Waals surface area contributed by atoms with Crippen LogP contribution >= 0.6 is 0 Å². The third kappa shape index (κ3) is 3.02. The Labute approximate surface area is 163 Å². The summed E-state index contributed by atoms with van der Waals surface area (Å²) in [7, 11) is 0. The zero-order valence-corrected chi connectivity index (χ0v) is 15.7. The number of halogens is 2. The second kappa shape index (κ2) is 6.66. The molecule has 0 aromatic heterocycles. The van der Waals surface area contributed by atoms with Crippen molar-refractivity contribution in [2.24, 2.45) is 5.41 Å². The molecule has 0 bridgehead atoms. The summed E-state index contributed by atoms with van der Waals surface area (Å²) in [6.45, 7) is 1.39. The maximum absolute atomic E-state index is 15.3. The average Bonchev–Trinajstić information content (AvgIpc) is 3.29. The fraction of sp³-hybridized carbons (Fsp3) is 0.435. The highest BCUT2D eigenvalue weighted by atomic mass is 19.1. The summed E-state index contributed by atoms with van der Waals surface area (Å²) < 4.78 is 34.8. The lowest BCUT2D eigenvalue weighted by Crippen LogP contribution is -2.48. The van der Waals surface area contributed by atoms with Gasteiger partial charge in [-0.25, -0.2) is 8.78 Å². The Morgan fingerprint density at radius 2 is 1.86 bits per heavy atom. The van der Waals surface area contributed by atoms with E-state index in [0.717, 1.165) is 32.2 Å². The van der Waals surface area contributed by atoms with Crippen LogP contribution in [0, 0.1) is 17.0 Å². The van der Waals surface area contributed by atoms with Crippen LogP contribution in [0.1, 0.15) is 31.2 Å². The fourth-order valence-electron chi connectivity index (χ4n) is 4.64. The van der Waals surface area contributed by atoms with E-state index in [-0.39, 0.29) is 34.6 Å². The molecular weight excluding hydrogens is 360 g/mol. The van der Waals surface area contributed by atoms with Crippen LogP contribution in [0.25, 0.3) is 11.1 Å². The maximum atomic E-state index is 15.3. The molecule has 3 aliphatic rings. The van der Waals surface area contributed by atoms with Crippen molar-refractivity contribution in [1.82, 2.24) is 4.90 Å². The summed E-state index contributed by atoms with van der Waals surface area (Å²) in [5, 5.41) is 0. The molecule has 3 nitrogen and oxygen atoms in total. The summed E-state index contributed by atoms with van der Waals surface area (Å²) in [5.74, 6) is -0.780. The molecule has 1 aliphatic carbocycles. The summed E-state index contributed by atoms with van der Waals surface area (Å²) >= 11 is 0. The van der Waals surface area contributed by atoms with Gasteiger partial charge in [0.25, 0.3) is 5.91 Å². The highest BCUT2D eigenvalue weighted by Crippen LogP contribution is 2.55. The number of ether oxygens (including phenoxy) is 1. The first kappa shape index (κ1) is 17.8. The van der Waals surface area contributed by atoms with Crippen molar-refractivity contribution in [2.45, 2.75) is 44.2 Å². The van der Waals surface area contributed by atoms with Gasteiger partial charge in [0, 0.05) is 30.1 Å². The molecule has 0 N–H and O–H groups in total. The normalized spacial score (nSPS) is 25.0. The minimum absolute atomic E-state index is 0.0235. The number of hydrogen-bond donors (Lipinski definition) is 0. The van der Waals surface area contributed by atoms with Crippen LogP contribution in [0.15, 0.2) is 42.5 Å². The smallest absolute Gasteiger partial charge is 0.252 e. The molecule has 2 aliphatic heterocycles. The minimum atomic E-state index is -0.435. The van der Waals surface area contributed by atoms with Crippen molar-refractivity contribution < 1.29 is 18.3 Å². The molecule has 1 spiro atoms. The Balaban J connectivity index is 1.43. The van der Waals surface area contributed by atoms with Gasteiger partial charge in [0.1, 0.15) is 17.7 Å². The maximum Gasteiger partial charge on any atom is 0.252 e. The van der Waals surface area contributed by atoms with E-state index in [1.54, 1.807) is 36.4 Å². The van der Waals surface area contributed by atoms with Crippen LogP contribution in [0.5, 0.6) is 0 Å². The van der Waals surface area contributed by atoms with E-state index in [9.17, 15) is 9.18 Å². The van der Waals surface area contributed by atoms with Gasteiger partial charge in [-0.1, -0.05) is 36.4 Å². The van der Waals surface area contributed by atoms with Gasteiger partial charge in [-0.3, -0.25) is 4.79 Å². The van der Waals surface area contributed by atoms with Crippen LogP contribution in [0.2, 0.25) is 0 Å². The van der Waals surface area contributed by atoms with E-state index < -0.39 is 11.6 Å². The topological polar surface area (TPSA) is 29.5 Å². The Morgan fingerprint density at radius 1 is 1.11 bits per heavy atom. The number of rotatable bonds is 4. The van der Waals surface area contributed by atoms with E-state index in [1.165, 1.54) is 6.07 Å². The summed E-state index contributed by atoms with van der Waals surface area (Å²) in [6, 6.07) is 11.3. The first-order valence-corrected chi connectivity index (χ1v) is 10.0. The Hall–Kier alpha value is -2.27. The van der Waals surface area contributed by atoms with Crippen LogP contribution in [-0.4, -0.2) is 36.1 Å². The number of nitrogens with zero attached hydrogens (tertiary/aromatic N) is 1. The van der Waals surface area contributed by atoms with Gasteiger partial charge in [-0.05, 0) is 42.7 Å². The molecule has 5 heteroatoms. The van der Waals surface area contributed by atoms with Gasteiger partial charge in [-0.2, -0.15) is 0 Å². The van der Waals surface area contributed by atoms with Crippen molar-refractivity contribution >= 4 is 5.91 Å². The van der Waals surface area contributed by atoms with Gasteiger partial charge in [0.15, 0.2) is 0 Å². The predicted octanol–water partition coefficient (Wildman–Crippen LogP) is 4.34. The van der Waals surface area contributed by atoms with E-state index in [0.29, 0.717) is 18.6 Å². The van der Waals surface area contributed by atoms with Gasteiger partial charge in [0.05, 0.1) is 6.61 Å². The van der Waals surface area contributed by atoms with Gasteiger partial charge < -0.3 is 9.64 Å². The van der Waals surface area contributed by atoms with Crippen molar-refractivity contribution in [3.05, 3.63) is 59.7 Å². The molecule has 1 amide bonds. The van der Waals surface area contributed by atoms with Crippen LogP contribution in [-0.2, 0) is 16.0 Å². The molecule has 146 valence electrons. The summed E-state index contributed by atoms with van der Waals surface area (Å²) in [5.41, 5.74) is 1.30. The molecule has 2 heterocycles. The molecule has 3 fully saturated rings. The molecular formula is C23H23F2NO2. The van der Waals surface area contributed by atoms with Gasteiger partial charge in [0.2, 0.25) is 0 Å². The van der Waals surface area contributed by atoms with Crippen molar-refractivity contribution in [1.29, 1.82) is 0 Å². The zero-order valence-electron chi connectivity index (χ0n) is 15.7. The monoisotopic (exact) mass is 383 g/mol. The van der Waals surface area contributed by atoms with Gasteiger partial charge >= 0.3 is 0 Å². The largest absolute Gasteiger partial charge is 0.368 e. The molecule has 2 atom stereocenters. The second-order valence-electron chi connectivity index (χ2n) is 8.43. The quantitative estimate of drug-likeness (QED) is 0.786. The number of carbonyl (C=O) groups is 1. The van der Waals surface area contributed by atoms with Crippen LogP contribution in [0.4, 0.5) is 8.78 Å². The van der Waals surface area contributed by atoms with E-state index in [4.69, 9.17) is 4.74 Å². The average molecular weight is 383 g/mol. The molecule has 2 saturated heterocycles. The zero-order chi connectivity index (χ0) is 19.3. The van der Waals surface area contributed by atoms with Crippen LogP contribution in [0.3, 0.4) is 0 Å². The van der Waals surface area contributed by atoms with Crippen molar-refractivity contribution in [2.75, 3.05) is 13.2 Å². The lowest BCUT2D eigenvalue weighted by Gasteiger charge is -2.33. The minimum Gasteiger partial charge on any atom is -0.368 e. The number of likely N-dealkylation sites (tertiary alicyclic amines) is 1. The molecule has 1 saturated carbocycles. The fourth-order valence-corrected chi connectivity index (χ4v) is 4.64. The van der Waals surface area contributed by atoms with E-state index >= 15 is 4.39 Å².